The van der Waals surface area contributed by atoms with Gasteiger partial charge < -0.3 is 4.74 Å². The van der Waals surface area contributed by atoms with E-state index in [0.29, 0.717) is 28.3 Å². The fourth-order valence-electron chi connectivity index (χ4n) is 4.99. The Labute approximate surface area is 233 Å². The summed E-state index contributed by atoms with van der Waals surface area (Å²) in [7, 11) is 0. The molecule has 0 aliphatic carbocycles. The van der Waals surface area contributed by atoms with Gasteiger partial charge in [0.05, 0.1) is 21.7 Å². The number of ether oxygens (including phenoxy) is 1. The van der Waals surface area contributed by atoms with E-state index in [2.05, 4.69) is 4.98 Å². The number of hydrogen-bond donors (Lipinski definition) is 1. The quantitative estimate of drug-likeness (QED) is 0.134. The van der Waals surface area contributed by atoms with Crippen LogP contribution in [-0.2, 0) is 6.18 Å². The van der Waals surface area contributed by atoms with E-state index in [4.69, 9.17) is 10.1 Å². The van der Waals surface area contributed by atoms with Gasteiger partial charge >= 0.3 is 6.18 Å². The average molecular weight is 576 g/mol. The molecule has 0 saturated carbocycles. The summed E-state index contributed by atoms with van der Waals surface area (Å²) < 4.78 is 74.6. The Kier molecular flexibility index (Phi) is 6.33. The zero-order valence-corrected chi connectivity index (χ0v) is 21.2. The van der Waals surface area contributed by atoms with E-state index in [9.17, 15) is 32.1 Å². The molecule has 6 rings (SSSR count). The van der Waals surface area contributed by atoms with Crippen molar-refractivity contribution in [2.24, 2.45) is 0 Å². The van der Waals surface area contributed by atoms with Crippen molar-refractivity contribution in [2.45, 2.75) is 12.1 Å². The van der Waals surface area contributed by atoms with Gasteiger partial charge in [-0.3, -0.25) is 20.1 Å². The topological polar surface area (TPSA) is 94.0 Å². The molecule has 0 saturated heterocycles. The van der Waals surface area contributed by atoms with Gasteiger partial charge in [-0.1, -0.05) is 36.4 Å². The molecule has 1 aliphatic heterocycles. The molecule has 12 heteroatoms. The summed E-state index contributed by atoms with van der Waals surface area (Å²) in [5.41, 5.74) is 0.729. The van der Waals surface area contributed by atoms with Crippen molar-refractivity contribution in [3.05, 3.63) is 141 Å². The zero-order chi connectivity index (χ0) is 29.8. The minimum absolute atomic E-state index is 0.0210. The predicted octanol–water partition coefficient (Wildman–Crippen LogP) is 7.51. The number of nitrogens with one attached hydrogen (secondary N) is 1. The molecule has 42 heavy (non-hydrogen) atoms. The molecule has 4 aromatic carbocycles. The summed E-state index contributed by atoms with van der Waals surface area (Å²) in [5, 5.41) is 20.5. The van der Waals surface area contributed by atoms with Crippen LogP contribution in [0.5, 0.6) is 11.6 Å². The van der Waals surface area contributed by atoms with Gasteiger partial charge in [0.15, 0.2) is 0 Å². The van der Waals surface area contributed by atoms with Crippen LogP contribution in [0, 0.1) is 27.2 Å². The first-order valence-electron chi connectivity index (χ1n) is 12.4. The molecule has 1 unspecified atom stereocenters. The third-order valence-electron chi connectivity index (χ3n) is 6.97. The van der Waals surface area contributed by atoms with Crippen molar-refractivity contribution >= 4 is 5.69 Å². The fourth-order valence-corrected chi connectivity index (χ4v) is 4.99. The van der Waals surface area contributed by atoms with Crippen molar-refractivity contribution < 1.29 is 31.6 Å². The van der Waals surface area contributed by atoms with E-state index in [1.54, 1.807) is 24.3 Å². The minimum Gasteiger partial charge on any atom is -0.438 e. The highest BCUT2D eigenvalue weighted by Crippen LogP contribution is 2.47. The number of nitrogens with zero attached hydrogens (tertiary/aromatic N) is 3. The molecule has 2 heterocycles. The Morgan fingerprint density at radius 1 is 0.929 bits per heavy atom. The lowest BCUT2D eigenvalue weighted by molar-refractivity contribution is -0.384. The van der Waals surface area contributed by atoms with Gasteiger partial charge in [0.2, 0.25) is 5.88 Å². The second kappa shape index (κ2) is 9.91. The van der Waals surface area contributed by atoms with Gasteiger partial charge in [0, 0.05) is 29.7 Å². The Hall–Kier alpha value is -5.39. The van der Waals surface area contributed by atoms with Crippen molar-refractivity contribution in [2.75, 3.05) is 0 Å². The maximum atomic E-state index is 14.7. The largest absolute Gasteiger partial charge is 0.438 e. The molecule has 1 atom stereocenters. The van der Waals surface area contributed by atoms with Crippen LogP contribution in [0.25, 0.3) is 16.8 Å². The lowest BCUT2D eigenvalue weighted by Gasteiger charge is -2.29. The number of non-ortho nitro benzene ring substituents is 1. The summed E-state index contributed by atoms with van der Waals surface area (Å²) in [4.78, 5) is 15.3. The molecule has 0 radical (unpaired) electrons. The summed E-state index contributed by atoms with van der Waals surface area (Å²) >= 11 is 0. The van der Waals surface area contributed by atoms with E-state index in [1.165, 1.54) is 30.3 Å². The molecule has 5 aromatic rings. The smallest absolute Gasteiger partial charge is 0.416 e. The molecule has 0 amide bonds. The maximum Gasteiger partial charge on any atom is 0.416 e. The van der Waals surface area contributed by atoms with Crippen LogP contribution in [0.3, 0.4) is 0 Å². The first-order chi connectivity index (χ1) is 20.0. The van der Waals surface area contributed by atoms with Gasteiger partial charge in [-0.15, -0.1) is 0 Å². The normalized spacial score (nSPS) is 14.1. The van der Waals surface area contributed by atoms with Crippen LogP contribution in [0.2, 0.25) is 0 Å². The monoisotopic (exact) mass is 576 g/mol. The van der Waals surface area contributed by atoms with Gasteiger partial charge in [0.25, 0.3) is 5.69 Å². The highest BCUT2D eigenvalue weighted by molar-refractivity contribution is 5.69. The summed E-state index contributed by atoms with van der Waals surface area (Å²) in [6.45, 7) is 0. The van der Waals surface area contributed by atoms with Crippen LogP contribution in [0.15, 0.2) is 91.3 Å². The predicted molar refractivity (Wildman–Crippen MR) is 140 cm³/mol. The number of fused-ring (bicyclic) bond motifs is 2. The Morgan fingerprint density at radius 2 is 1.67 bits per heavy atom. The molecule has 1 N–H and O–H groups in total. The maximum absolute atomic E-state index is 14.7. The van der Waals surface area contributed by atoms with Crippen molar-refractivity contribution in [1.82, 2.24) is 9.55 Å². The highest BCUT2D eigenvalue weighted by Gasteiger charge is 2.34. The average Bonchev–Trinajstić information content (AvgIpc) is 2.96. The summed E-state index contributed by atoms with van der Waals surface area (Å²) in [6.07, 6.45) is -3.34. The molecule has 0 fully saturated rings. The van der Waals surface area contributed by atoms with E-state index in [1.807, 2.05) is 0 Å². The Balaban J connectivity index is 1.53. The SMILES string of the molecule is N=c1c2c(ncn1-c1ccc(F)cc1F)Oc1cc(-c3ccc(C(F)(F)F)cc3)ccc1C2c1cccc([N+](=O)[O-])c1. The van der Waals surface area contributed by atoms with E-state index in [-0.39, 0.29) is 34.1 Å². The van der Waals surface area contributed by atoms with Crippen LogP contribution >= 0.6 is 0 Å². The van der Waals surface area contributed by atoms with E-state index < -0.39 is 34.2 Å². The van der Waals surface area contributed by atoms with Crippen LogP contribution in [0.4, 0.5) is 27.6 Å². The van der Waals surface area contributed by atoms with Crippen molar-refractivity contribution in [3.8, 4) is 28.4 Å². The van der Waals surface area contributed by atoms with Gasteiger partial charge in [-0.05, 0) is 47.0 Å². The standard InChI is InChI=1S/C30H17F5N4O3/c31-20-9-11-24(23(32)14-20)38-15-37-29-27(28(38)36)26(18-2-1-3-21(12-18)39(40)41)22-10-6-17(13-25(22)42-29)16-4-7-19(8-5-16)30(33,34)35/h1-15,26,36H. The molecule has 1 aromatic heterocycles. The second-order valence-electron chi connectivity index (χ2n) is 9.49. The molecule has 1 aliphatic rings. The van der Waals surface area contributed by atoms with Crippen LogP contribution in [0.1, 0.15) is 28.2 Å². The minimum atomic E-state index is -4.49. The Bertz CT molecular complexity index is 1940. The highest BCUT2D eigenvalue weighted by atomic mass is 19.4. The molecule has 0 spiro atoms. The fraction of sp³-hybridized carbons (Fsp3) is 0.0667. The molecular formula is C30H17F5N4O3. The second-order valence-corrected chi connectivity index (χ2v) is 9.49. The van der Waals surface area contributed by atoms with Gasteiger partial charge in [-0.2, -0.15) is 13.2 Å². The van der Waals surface area contributed by atoms with Gasteiger partial charge in [0.1, 0.15) is 29.2 Å². The van der Waals surface area contributed by atoms with E-state index >= 15 is 0 Å². The number of hydrogen-bond acceptors (Lipinski definition) is 5. The summed E-state index contributed by atoms with van der Waals surface area (Å²) in [6, 6.07) is 18.2. The third-order valence-corrected chi connectivity index (χ3v) is 6.97. The summed E-state index contributed by atoms with van der Waals surface area (Å²) in [5.74, 6) is -2.31. The zero-order valence-electron chi connectivity index (χ0n) is 21.2. The van der Waals surface area contributed by atoms with Crippen molar-refractivity contribution in [1.29, 1.82) is 5.41 Å². The molecule has 0 bridgehead atoms. The number of benzene rings is 4. The number of aromatic nitrogens is 2. The lowest BCUT2D eigenvalue weighted by Crippen LogP contribution is -2.29. The first-order valence-corrected chi connectivity index (χ1v) is 12.4. The van der Waals surface area contributed by atoms with Crippen LogP contribution < -0.4 is 10.2 Å². The van der Waals surface area contributed by atoms with Crippen molar-refractivity contribution in [3.63, 3.8) is 0 Å². The number of halogens is 5. The van der Waals surface area contributed by atoms with Gasteiger partial charge in [-0.25, -0.2) is 13.8 Å². The molecule has 7 nitrogen and oxygen atoms in total. The molecular weight excluding hydrogens is 559 g/mol. The Morgan fingerprint density at radius 3 is 2.36 bits per heavy atom. The molecule has 210 valence electrons. The number of nitro benzene ring substituents is 1. The number of rotatable bonds is 4. The first kappa shape index (κ1) is 26.8. The number of nitro groups is 1. The lowest BCUT2D eigenvalue weighted by atomic mass is 9.83. The third kappa shape index (κ3) is 4.66. The van der Waals surface area contributed by atoms with Crippen LogP contribution in [-0.4, -0.2) is 14.5 Å². The van der Waals surface area contributed by atoms with E-state index in [0.717, 1.165) is 35.2 Å². The number of alkyl halides is 3.